The molecule has 0 unspecified atom stereocenters. The first-order chi connectivity index (χ1) is 7.26. The summed E-state index contributed by atoms with van der Waals surface area (Å²) >= 11 is 0. The monoisotopic (exact) mass is 204 g/mol. The van der Waals surface area contributed by atoms with Gasteiger partial charge in [-0.1, -0.05) is 0 Å². The fourth-order valence-corrected chi connectivity index (χ4v) is 1.79. The van der Waals surface area contributed by atoms with Crippen LogP contribution in [0.2, 0.25) is 0 Å². The summed E-state index contributed by atoms with van der Waals surface area (Å²) in [5.41, 5.74) is 1.47. The van der Waals surface area contributed by atoms with Crippen molar-refractivity contribution in [3.05, 3.63) is 18.0 Å². The molecule has 4 heteroatoms. The number of hydrogen-bond donors (Lipinski definition) is 1. The molecular weight excluding hydrogens is 188 g/mol. The Morgan fingerprint density at radius 1 is 1.67 bits per heavy atom. The minimum Gasteiger partial charge on any atom is -0.311 e. The largest absolute Gasteiger partial charge is 0.311 e. The van der Waals surface area contributed by atoms with Crippen molar-refractivity contribution in [2.45, 2.75) is 25.8 Å². The van der Waals surface area contributed by atoms with Crippen molar-refractivity contribution in [1.82, 2.24) is 15.1 Å². The Bertz CT molecular complexity index is 370. The summed E-state index contributed by atoms with van der Waals surface area (Å²) in [6.45, 7) is 1.79. The summed E-state index contributed by atoms with van der Waals surface area (Å²) in [4.78, 5) is 0. The van der Waals surface area contributed by atoms with Gasteiger partial charge in [-0.05, 0) is 24.3 Å². The van der Waals surface area contributed by atoms with Crippen molar-refractivity contribution in [1.29, 1.82) is 5.26 Å². The lowest BCUT2D eigenvalue weighted by atomic mass is 10.0. The number of aromatic nitrogens is 2. The van der Waals surface area contributed by atoms with Crippen molar-refractivity contribution in [3.63, 3.8) is 0 Å². The van der Waals surface area contributed by atoms with Crippen LogP contribution in [0.3, 0.4) is 0 Å². The molecule has 1 aliphatic rings. The molecule has 0 aromatic carbocycles. The molecule has 1 aromatic rings. The Kier molecular flexibility index (Phi) is 2.74. The molecule has 1 aliphatic carbocycles. The third kappa shape index (κ3) is 2.37. The zero-order valence-electron chi connectivity index (χ0n) is 9.03. The molecule has 1 heterocycles. The van der Waals surface area contributed by atoms with Gasteiger partial charge in [0.15, 0.2) is 0 Å². The highest BCUT2D eigenvalue weighted by molar-refractivity contribution is 5.03. The average molecular weight is 204 g/mol. The van der Waals surface area contributed by atoms with E-state index >= 15 is 0 Å². The molecule has 0 radical (unpaired) electrons. The molecule has 1 fully saturated rings. The van der Waals surface area contributed by atoms with Gasteiger partial charge in [0.05, 0.1) is 11.8 Å². The molecule has 0 atom stereocenters. The van der Waals surface area contributed by atoms with Crippen molar-refractivity contribution in [3.8, 4) is 6.07 Å². The first-order valence-electron chi connectivity index (χ1n) is 5.30. The van der Waals surface area contributed by atoms with Crippen LogP contribution in [0.5, 0.6) is 0 Å². The summed E-state index contributed by atoms with van der Waals surface area (Å²) < 4.78 is 1.87. The van der Waals surface area contributed by atoms with Gasteiger partial charge in [0.1, 0.15) is 0 Å². The van der Waals surface area contributed by atoms with Gasteiger partial charge in [0, 0.05) is 32.8 Å². The summed E-state index contributed by atoms with van der Waals surface area (Å²) in [6, 6.07) is 4.28. The second-order valence-electron chi connectivity index (χ2n) is 4.38. The van der Waals surface area contributed by atoms with Gasteiger partial charge in [-0.3, -0.25) is 4.68 Å². The predicted octanol–water partition coefficient (Wildman–Crippen LogP) is 1.20. The lowest BCUT2D eigenvalue weighted by Gasteiger charge is -2.11. The zero-order valence-corrected chi connectivity index (χ0v) is 9.03. The quantitative estimate of drug-likeness (QED) is 0.784. The van der Waals surface area contributed by atoms with E-state index in [0.29, 0.717) is 6.42 Å². The number of nitrogens with one attached hydrogen (secondary N) is 1. The van der Waals surface area contributed by atoms with Crippen molar-refractivity contribution in [2.24, 2.45) is 12.5 Å². The van der Waals surface area contributed by atoms with Crippen LogP contribution in [0, 0.1) is 16.7 Å². The van der Waals surface area contributed by atoms with Crippen LogP contribution in [-0.2, 0) is 13.6 Å². The van der Waals surface area contributed by atoms with Crippen LogP contribution < -0.4 is 5.32 Å². The minimum atomic E-state index is 0.285. The lowest BCUT2D eigenvalue weighted by Crippen LogP contribution is -2.24. The third-order valence-electron chi connectivity index (χ3n) is 3.14. The summed E-state index contributed by atoms with van der Waals surface area (Å²) in [5.74, 6) is 0. The van der Waals surface area contributed by atoms with Gasteiger partial charge in [0.2, 0.25) is 0 Å². The lowest BCUT2D eigenvalue weighted by molar-refractivity contribution is 0.460. The first kappa shape index (κ1) is 10.2. The minimum absolute atomic E-state index is 0.285. The SMILES string of the molecule is Cn1nccc1CNCC1(CC#N)CC1. The van der Waals surface area contributed by atoms with Gasteiger partial charge in [0.25, 0.3) is 0 Å². The van der Waals surface area contributed by atoms with E-state index in [0.717, 1.165) is 13.1 Å². The second-order valence-corrected chi connectivity index (χ2v) is 4.38. The van der Waals surface area contributed by atoms with E-state index in [-0.39, 0.29) is 5.41 Å². The number of hydrogen-bond acceptors (Lipinski definition) is 3. The molecular formula is C11H16N4. The molecule has 0 saturated heterocycles. The van der Waals surface area contributed by atoms with Crippen molar-refractivity contribution >= 4 is 0 Å². The van der Waals surface area contributed by atoms with E-state index in [1.54, 1.807) is 6.20 Å². The Morgan fingerprint density at radius 2 is 2.47 bits per heavy atom. The summed E-state index contributed by atoms with van der Waals surface area (Å²) in [7, 11) is 1.94. The van der Waals surface area contributed by atoms with Crippen LogP contribution >= 0.6 is 0 Å². The van der Waals surface area contributed by atoms with E-state index in [4.69, 9.17) is 5.26 Å². The Hall–Kier alpha value is -1.34. The highest BCUT2D eigenvalue weighted by atomic mass is 15.3. The number of rotatable bonds is 5. The van der Waals surface area contributed by atoms with Crippen LogP contribution in [0.25, 0.3) is 0 Å². The Balaban J connectivity index is 1.76. The van der Waals surface area contributed by atoms with Crippen molar-refractivity contribution < 1.29 is 0 Å². The maximum atomic E-state index is 8.68. The van der Waals surface area contributed by atoms with E-state index in [1.807, 2.05) is 17.8 Å². The normalized spacial score (nSPS) is 17.3. The maximum absolute atomic E-state index is 8.68. The number of nitriles is 1. The molecule has 0 amide bonds. The predicted molar refractivity (Wildman–Crippen MR) is 56.8 cm³/mol. The highest BCUT2D eigenvalue weighted by Crippen LogP contribution is 2.47. The molecule has 1 N–H and O–H groups in total. The van der Waals surface area contributed by atoms with E-state index in [1.165, 1.54) is 18.5 Å². The maximum Gasteiger partial charge on any atom is 0.0628 e. The molecule has 0 bridgehead atoms. The van der Waals surface area contributed by atoms with Gasteiger partial charge in [-0.25, -0.2) is 0 Å². The topological polar surface area (TPSA) is 53.6 Å². The molecule has 0 spiro atoms. The summed E-state index contributed by atoms with van der Waals surface area (Å²) in [5, 5.41) is 16.2. The van der Waals surface area contributed by atoms with E-state index in [2.05, 4.69) is 16.5 Å². The average Bonchev–Trinajstić information content (AvgIpc) is 2.85. The molecule has 4 nitrogen and oxygen atoms in total. The molecule has 1 saturated carbocycles. The van der Waals surface area contributed by atoms with E-state index < -0.39 is 0 Å². The second kappa shape index (κ2) is 4.03. The first-order valence-corrected chi connectivity index (χ1v) is 5.30. The van der Waals surface area contributed by atoms with Crippen molar-refractivity contribution in [2.75, 3.05) is 6.54 Å². The Labute approximate surface area is 89.9 Å². The molecule has 15 heavy (non-hydrogen) atoms. The molecule has 80 valence electrons. The van der Waals surface area contributed by atoms with Gasteiger partial charge >= 0.3 is 0 Å². The summed E-state index contributed by atoms with van der Waals surface area (Å²) in [6.07, 6.45) is 4.88. The zero-order chi connectivity index (χ0) is 10.7. The van der Waals surface area contributed by atoms with Crippen LogP contribution in [-0.4, -0.2) is 16.3 Å². The van der Waals surface area contributed by atoms with E-state index in [9.17, 15) is 0 Å². The fourth-order valence-electron chi connectivity index (χ4n) is 1.79. The van der Waals surface area contributed by atoms with Crippen LogP contribution in [0.15, 0.2) is 12.3 Å². The van der Waals surface area contributed by atoms with Gasteiger partial charge in [-0.15, -0.1) is 0 Å². The highest BCUT2D eigenvalue weighted by Gasteiger charge is 2.41. The molecule has 0 aliphatic heterocycles. The third-order valence-corrected chi connectivity index (χ3v) is 3.14. The fraction of sp³-hybridized carbons (Fsp3) is 0.636. The molecule has 2 rings (SSSR count). The standard InChI is InChI=1S/C11H16N4/c1-15-10(2-7-14-15)8-13-9-11(3-4-11)5-6-12/h2,7,13H,3-5,8-9H2,1H3. The number of aryl methyl sites for hydroxylation is 1. The smallest absolute Gasteiger partial charge is 0.0628 e. The van der Waals surface area contributed by atoms with Gasteiger partial charge < -0.3 is 5.32 Å². The number of nitrogens with zero attached hydrogens (tertiary/aromatic N) is 3. The Morgan fingerprint density at radius 3 is 3.00 bits per heavy atom. The van der Waals surface area contributed by atoms with Gasteiger partial charge in [-0.2, -0.15) is 10.4 Å². The van der Waals surface area contributed by atoms with Crippen LogP contribution in [0.1, 0.15) is 25.0 Å². The van der Waals surface area contributed by atoms with Crippen LogP contribution in [0.4, 0.5) is 0 Å². The molecule has 1 aromatic heterocycles.